The lowest BCUT2D eigenvalue weighted by Crippen LogP contribution is -2.44. The van der Waals surface area contributed by atoms with Crippen LogP contribution >= 0.6 is 7.67 Å². The van der Waals surface area contributed by atoms with Gasteiger partial charge < -0.3 is 28.6 Å². The van der Waals surface area contributed by atoms with Crippen LogP contribution in [0.5, 0.6) is 11.5 Å². The number of hydrogen-bond acceptors (Lipinski definition) is 10. The molecule has 0 radical (unpaired) electrons. The van der Waals surface area contributed by atoms with Crippen LogP contribution < -0.4 is 19.4 Å². The zero-order valence-corrected chi connectivity index (χ0v) is 27.1. The summed E-state index contributed by atoms with van der Waals surface area (Å²) in [6.07, 6.45) is 1.18. The minimum absolute atomic E-state index is 0.0311. The predicted octanol–water partition coefficient (Wildman–Crippen LogP) is 4.37. The van der Waals surface area contributed by atoms with Crippen molar-refractivity contribution in [3.8, 4) is 11.5 Å². The summed E-state index contributed by atoms with van der Waals surface area (Å²) < 4.78 is 42.1. The molecule has 1 aliphatic heterocycles. The summed E-state index contributed by atoms with van der Waals surface area (Å²) in [6, 6.07) is -2.33. The molecule has 1 aliphatic rings. The SMILES string of the molecule is COc1c(C)c2c(c(OP(=O)(NC(C)C(=O)OC(C)C)NC(C)C(=O)OC(C)C)c1C/C=C(\C)CCC(=O)O)C(=O)OC2. The van der Waals surface area contributed by atoms with E-state index in [1.807, 2.05) is 0 Å². The first kappa shape index (κ1) is 35.8. The van der Waals surface area contributed by atoms with E-state index in [0.717, 1.165) is 5.57 Å². The van der Waals surface area contributed by atoms with Gasteiger partial charge in [0.25, 0.3) is 0 Å². The summed E-state index contributed by atoms with van der Waals surface area (Å²) in [7, 11) is -2.98. The number of hydrogen-bond donors (Lipinski definition) is 3. The fourth-order valence-corrected chi connectivity index (χ4v) is 6.16. The molecule has 3 N–H and O–H groups in total. The van der Waals surface area contributed by atoms with Crippen LogP contribution in [0.1, 0.15) is 88.4 Å². The number of benzene rings is 1. The smallest absolute Gasteiger partial charge is 0.391 e. The van der Waals surface area contributed by atoms with Crippen LogP contribution in [-0.4, -0.2) is 60.4 Å². The van der Waals surface area contributed by atoms with Gasteiger partial charge in [0, 0.05) is 17.5 Å². The Labute approximate surface area is 252 Å². The molecule has 14 heteroatoms. The number of nitrogens with one attached hydrogen (secondary N) is 2. The van der Waals surface area contributed by atoms with Gasteiger partial charge in [0.15, 0.2) is 5.75 Å². The number of rotatable bonds is 16. The van der Waals surface area contributed by atoms with Crippen molar-refractivity contribution in [2.24, 2.45) is 0 Å². The summed E-state index contributed by atoms with van der Waals surface area (Å²) in [5.74, 6) is -2.88. The number of fused-ring (bicyclic) bond motifs is 1. The summed E-state index contributed by atoms with van der Waals surface area (Å²) in [5.41, 5.74) is 2.21. The lowest BCUT2D eigenvalue weighted by Gasteiger charge is -2.28. The van der Waals surface area contributed by atoms with Crippen molar-refractivity contribution in [2.45, 2.75) is 106 Å². The number of allylic oxidation sites excluding steroid dienone is 2. The highest BCUT2D eigenvalue weighted by atomic mass is 31.2. The zero-order chi connectivity index (χ0) is 32.6. The molecule has 0 saturated heterocycles. The number of ether oxygens (including phenoxy) is 4. The first-order valence-electron chi connectivity index (χ1n) is 14.0. The number of methoxy groups -OCH3 is 1. The molecule has 0 aliphatic carbocycles. The van der Waals surface area contributed by atoms with Crippen LogP contribution in [-0.2, 0) is 46.2 Å². The van der Waals surface area contributed by atoms with E-state index in [0.29, 0.717) is 22.4 Å². The van der Waals surface area contributed by atoms with Gasteiger partial charge in [-0.3, -0.25) is 14.4 Å². The summed E-state index contributed by atoms with van der Waals surface area (Å²) >= 11 is 0. The quantitative estimate of drug-likeness (QED) is 0.102. The van der Waals surface area contributed by atoms with Crippen molar-refractivity contribution < 1.29 is 52.3 Å². The van der Waals surface area contributed by atoms with E-state index < -0.39 is 55.8 Å². The molecule has 1 aromatic rings. The number of carbonyl (C=O) groups is 4. The fraction of sp³-hybridized carbons (Fsp3) is 0.586. The third kappa shape index (κ3) is 9.80. The minimum atomic E-state index is -4.42. The third-order valence-electron chi connectivity index (χ3n) is 6.37. The summed E-state index contributed by atoms with van der Waals surface area (Å²) in [5, 5.41) is 14.3. The highest BCUT2D eigenvalue weighted by Crippen LogP contribution is 2.49. The van der Waals surface area contributed by atoms with Gasteiger partial charge in [0.2, 0.25) is 0 Å². The number of carboxylic acids is 1. The Bertz CT molecular complexity index is 1270. The van der Waals surface area contributed by atoms with Gasteiger partial charge >= 0.3 is 31.5 Å². The minimum Gasteiger partial charge on any atom is -0.496 e. The first-order valence-corrected chi connectivity index (χ1v) is 15.6. The van der Waals surface area contributed by atoms with E-state index in [2.05, 4.69) is 10.2 Å². The molecule has 2 rings (SSSR count). The van der Waals surface area contributed by atoms with Crippen molar-refractivity contribution in [3.05, 3.63) is 33.9 Å². The molecule has 2 atom stereocenters. The molecular weight excluding hydrogens is 583 g/mol. The molecule has 0 aromatic heterocycles. The number of esters is 3. The van der Waals surface area contributed by atoms with Crippen molar-refractivity contribution >= 4 is 31.5 Å². The monoisotopic (exact) mass is 626 g/mol. The van der Waals surface area contributed by atoms with Crippen LogP contribution in [0.25, 0.3) is 0 Å². The second-order valence-electron chi connectivity index (χ2n) is 10.9. The van der Waals surface area contributed by atoms with Crippen molar-refractivity contribution in [2.75, 3.05) is 7.11 Å². The van der Waals surface area contributed by atoms with Crippen molar-refractivity contribution in [1.82, 2.24) is 10.2 Å². The highest BCUT2D eigenvalue weighted by Gasteiger charge is 2.40. The standard InChI is InChI=1S/C29H43N2O11P/c1-15(2)40-27(34)19(7)30-43(37,31-20(8)28(35)41-16(3)4)42-26-21(12-10-17(5)11-13-23(32)33)25(38-9)18(6)22-14-39-29(36)24(22)26/h10,15-16,19-20H,11-14H2,1-9H3,(H,32,33)(H2,30,31,37)/b17-10+. The van der Waals surface area contributed by atoms with Crippen LogP contribution in [0.3, 0.4) is 0 Å². The third-order valence-corrected chi connectivity index (χ3v) is 8.27. The largest absolute Gasteiger partial charge is 0.496 e. The maximum atomic E-state index is 14.5. The molecule has 13 nitrogen and oxygen atoms in total. The van der Waals surface area contributed by atoms with Crippen molar-refractivity contribution in [1.29, 1.82) is 0 Å². The molecule has 240 valence electrons. The van der Waals surface area contributed by atoms with Crippen LogP contribution in [0.15, 0.2) is 11.6 Å². The van der Waals surface area contributed by atoms with Gasteiger partial charge in [-0.25, -0.2) is 19.5 Å². The molecule has 0 spiro atoms. The van der Waals surface area contributed by atoms with E-state index >= 15 is 0 Å². The van der Waals surface area contributed by atoms with Crippen LogP contribution in [0.4, 0.5) is 0 Å². The Hall–Kier alpha value is -3.41. The molecular formula is C29H43N2O11P. The van der Waals surface area contributed by atoms with E-state index in [1.165, 1.54) is 21.0 Å². The van der Waals surface area contributed by atoms with Gasteiger partial charge in [-0.1, -0.05) is 11.6 Å². The molecule has 0 saturated carbocycles. The maximum absolute atomic E-state index is 14.5. The Morgan fingerprint density at radius 2 is 1.51 bits per heavy atom. The fourth-order valence-electron chi connectivity index (χ4n) is 4.30. The van der Waals surface area contributed by atoms with E-state index in [1.54, 1.807) is 47.6 Å². The molecule has 0 amide bonds. The topological polar surface area (TPSA) is 176 Å². The second kappa shape index (κ2) is 15.4. The molecule has 0 bridgehead atoms. The lowest BCUT2D eigenvalue weighted by molar-refractivity contribution is -0.149. The first-order chi connectivity index (χ1) is 20.0. The zero-order valence-electron chi connectivity index (χ0n) is 26.2. The van der Waals surface area contributed by atoms with Crippen LogP contribution in [0, 0.1) is 6.92 Å². The summed E-state index contributed by atoms with van der Waals surface area (Å²) in [6.45, 7) is 12.9. The van der Waals surface area contributed by atoms with Crippen LogP contribution in [0.2, 0.25) is 0 Å². The highest BCUT2D eigenvalue weighted by molar-refractivity contribution is 7.55. The Kier molecular flexibility index (Phi) is 12.8. The van der Waals surface area contributed by atoms with E-state index in [-0.39, 0.29) is 37.2 Å². The molecule has 0 fully saturated rings. The Morgan fingerprint density at radius 3 is 1.98 bits per heavy atom. The number of carbonyl (C=O) groups excluding carboxylic acids is 3. The number of aliphatic carboxylic acids is 1. The van der Waals surface area contributed by atoms with Gasteiger partial charge in [-0.2, -0.15) is 0 Å². The van der Waals surface area contributed by atoms with Gasteiger partial charge in [0.05, 0.1) is 19.3 Å². The van der Waals surface area contributed by atoms with Gasteiger partial charge in [0.1, 0.15) is 30.0 Å². The van der Waals surface area contributed by atoms with E-state index in [4.69, 9.17) is 28.6 Å². The maximum Gasteiger partial charge on any atom is 0.391 e. The van der Waals surface area contributed by atoms with E-state index in [9.17, 15) is 23.7 Å². The predicted molar refractivity (Wildman–Crippen MR) is 157 cm³/mol. The normalized spacial score (nSPS) is 15.8. The lowest BCUT2D eigenvalue weighted by atomic mass is 9.94. The van der Waals surface area contributed by atoms with Gasteiger partial charge in [-0.05, 0) is 73.8 Å². The Balaban J connectivity index is 2.69. The summed E-state index contributed by atoms with van der Waals surface area (Å²) in [4.78, 5) is 49.4. The average Bonchev–Trinajstić information content (AvgIpc) is 3.28. The van der Waals surface area contributed by atoms with Gasteiger partial charge in [-0.15, -0.1) is 0 Å². The Morgan fingerprint density at radius 1 is 0.977 bits per heavy atom. The van der Waals surface area contributed by atoms with Crippen molar-refractivity contribution in [3.63, 3.8) is 0 Å². The number of carboxylic acid groups (broad SMARTS) is 1. The second-order valence-corrected chi connectivity index (χ2v) is 12.7. The molecule has 1 aromatic carbocycles. The average molecular weight is 627 g/mol. The molecule has 2 unspecified atom stereocenters. The molecule has 43 heavy (non-hydrogen) atoms. The number of cyclic esters (lactones) is 1. The molecule has 1 heterocycles.